The number of ketones is 3. The van der Waals surface area contributed by atoms with Crippen LogP contribution >= 0.6 is 7.37 Å². The number of aliphatic hydroxyl groups is 2. The summed E-state index contributed by atoms with van der Waals surface area (Å²) in [6, 6.07) is -1.16. The summed E-state index contributed by atoms with van der Waals surface area (Å²) in [5, 5.41) is 23.5. The summed E-state index contributed by atoms with van der Waals surface area (Å²) in [6.45, 7) is 16.5. The van der Waals surface area contributed by atoms with Crippen LogP contribution in [0.15, 0.2) is 47.6 Å². The molecule has 3 fully saturated rings. The molecular weight excluding hydrogens is 930 g/mol. The van der Waals surface area contributed by atoms with E-state index in [1.807, 2.05) is 71.9 Å². The normalized spacial score (nSPS) is 35.9. The zero-order valence-electron chi connectivity index (χ0n) is 44.8. The first kappa shape index (κ1) is 60.4. The first-order chi connectivity index (χ1) is 33.6. The van der Waals surface area contributed by atoms with Crippen molar-refractivity contribution in [1.82, 2.24) is 4.90 Å². The first-order valence-corrected chi connectivity index (χ1v) is 28.3. The Morgan fingerprint density at radius 2 is 1.56 bits per heavy atom. The number of Topliss-reactive ketones (excluding diaryl/α,β-unsaturated/α-hetero) is 3. The summed E-state index contributed by atoms with van der Waals surface area (Å²) in [7, 11) is 1.77. The molecular formula is C55H88NO14P. The molecule has 15 nitrogen and oxygen atoms in total. The molecule has 4 aliphatic rings. The summed E-state index contributed by atoms with van der Waals surface area (Å²) in [5.74, 6) is -8.08. The van der Waals surface area contributed by atoms with Gasteiger partial charge in [0, 0.05) is 70.8 Å². The second-order valence-electron chi connectivity index (χ2n) is 21.1. The minimum atomic E-state index is -2.81. The molecule has 3 aliphatic heterocycles. The van der Waals surface area contributed by atoms with E-state index >= 15 is 0 Å². The van der Waals surface area contributed by atoms with Crippen LogP contribution in [-0.2, 0) is 56.7 Å². The number of fused-ring (bicyclic) bond motifs is 3. The Bertz CT molecular complexity index is 1970. The van der Waals surface area contributed by atoms with Crippen LogP contribution in [0.5, 0.6) is 0 Å². The largest absolute Gasteiger partial charge is 0.460 e. The fourth-order valence-corrected chi connectivity index (χ4v) is 12.3. The maximum atomic E-state index is 14.5. The van der Waals surface area contributed by atoms with Crippen LogP contribution in [0.2, 0.25) is 0 Å². The zero-order valence-corrected chi connectivity index (χ0v) is 45.7. The number of amides is 1. The van der Waals surface area contributed by atoms with Gasteiger partial charge in [0.1, 0.15) is 18.2 Å². The van der Waals surface area contributed by atoms with Gasteiger partial charge in [-0.3, -0.25) is 23.7 Å². The highest BCUT2D eigenvalue weighted by Gasteiger charge is 2.53. The summed E-state index contributed by atoms with van der Waals surface area (Å²) < 4.78 is 49.4. The molecule has 4 rings (SSSR count). The Balaban J connectivity index is 1.70. The lowest BCUT2D eigenvalue weighted by molar-refractivity contribution is -0.265. The van der Waals surface area contributed by atoms with Crippen LogP contribution in [-0.4, -0.2) is 139 Å². The second kappa shape index (κ2) is 28.0. The Hall–Kier alpha value is -3.14. The molecule has 0 aromatic heterocycles. The van der Waals surface area contributed by atoms with Gasteiger partial charge in [-0.1, -0.05) is 84.9 Å². The average molecular weight is 1020 g/mol. The van der Waals surface area contributed by atoms with Gasteiger partial charge in [-0.2, -0.15) is 0 Å². The quantitative estimate of drug-likeness (QED) is 0.120. The molecule has 1 amide bonds. The number of hydrogen-bond donors (Lipinski definition) is 2. The number of esters is 1. The molecule has 2 bridgehead atoms. The number of cyclic esters (lactones) is 1. The van der Waals surface area contributed by atoms with E-state index in [1.54, 1.807) is 41.1 Å². The Morgan fingerprint density at radius 3 is 2.21 bits per heavy atom. The van der Waals surface area contributed by atoms with Gasteiger partial charge >= 0.3 is 5.97 Å². The number of piperidine rings is 1. The van der Waals surface area contributed by atoms with E-state index in [4.69, 9.17) is 28.2 Å². The van der Waals surface area contributed by atoms with E-state index in [2.05, 4.69) is 0 Å². The molecule has 1 saturated carbocycles. The molecule has 402 valence electrons. The number of hydrogen-bond acceptors (Lipinski definition) is 14. The highest BCUT2D eigenvalue weighted by atomic mass is 31.2. The number of rotatable bonds is 10. The van der Waals surface area contributed by atoms with Crippen molar-refractivity contribution in [3.05, 3.63) is 47.6 Å². The molecule has 71 heavy (non-hydrogen) atoms. The number of methoxy groups -OCH3 is 3. The molecule has 3 heterocycles. The SMILES string of the molecule is CCP(=O)(CC)O[C@@H]1CCC(C[C@@H](C)C2CC(=O)C(C)=CC(C)[C@@H](O)[C@@H](OC)C(=O)[C@H](C)C[C@H](C)C=CC=CC=C(C)[C@@H](OC)C[C@@H]3CC[C@@H](C)[C@@](O)(O3)C(=O)C(=O)N3CCCCC3C(=O)O2)C[C@H]1OC. The minimum Gasteiger partial charge on any atom is -0.460 e. The van der Waals surface area contributed by atoms with Crippen LogP contribution in [0.25, 0.3) is 0 Å². The van der Waals surface area contributed by atoms with Crippen molar-refractivity contribution in [2.75, 3.05) is 40.2 Å². The van der Waals surface area contributed by atoms with Gasteiger partial charge in [0.25, 0.3) is 11.7 Å². The van der Waals surface area contributed by atoms with Crippen LogP contribution in [0.4, 0.5) is 0 Å². The lowest BCUT2D eigenvalue weighted by atomic mass is 9.78. The predicted molar refractivity (Wildman–Crippen MR) is 273 cm³/mol. The molecule has 0 radical (unpaired) electrons. The van der Waals surface area contributed by atoms with Crippen molar-refractivity contribution in [3.8, 4) is 0 Å². The number of carbonyl (C=O) groups is 5. The molecule has 2 saturated heterocycles. The fraction of sp³-hybridized carbons (Fsp3) is 0.764. The molecule has 4 unspecified atom stereocenters. The van der Waals surface area contributed by atoms with E-state index in [0.29, 0.717) is 75.7 Å². The second-order valence-corrected chi connectivity index (χ2v) is 24.2. The Kier molecular flexibility index (Phi) is 23.8. The highest BCUT2D eigenvalue weighted by Crippen LogP contribution is 2.50. The van der Waals surface area contributed by atoms with E-state index in [1.165, 1.54) is 12.0 Å². The third-order valence-corrected chi connectivity index (χ3v) is 18.3. The summed E-state index contributed by atoms with van der Waals surface area (Å²) >= 11 is 0. The lowest BCUT2D eigenvalue weighted by Crippen LogP contribution is -2.61. The van der Waals surface area contributed by atoms with Crippen molar-refractivity contribution in [2.24, 2.45) is 35.5 Å². The molecule has 15 atom stereocenters. The van der Waals surface area contributed by atoms with Gasteiger partial charge in [-0.25, -0.2) is 4.79 Å². The van der Waals surface area contributed by atoms with Crippen LogP contribution in [0, 0.1) is 35.5 Å². The van der Waals surface area contributed by atoms with Crippen LogP contribution in [0.3, 0.4) is 0 Å². The lowest BCUT2D eigenvalue weighted by Gasteiger charge is -2.42. The van der Waals surface area contributed by atoms with Crippen molar-refractivity contribution in [1.29, 1.82) is 0 Å². The standard InChI is InChI=1S/C55H88NO14P/c1-13-71(64,14-2)70-45-26-24-41(31-48(45)66-11)30-37(6)47-33-44(57)36(5)29-39(8)50(59)51(67-12)49(58)38(7)28-34(3)20-16-15-17-21-35(4)46(65-10)32-42-25-23-40(9)55(63,69-42)52(60)53(61)56-27-19-18-22-43(56)54(62)68-47/h15-17,20-21,29,34,37-43,45-48,50-51,59,63H,13-14,18-19,22-28,30-33H2,1-12H3/t34-,37-,38-,39?,40-,41?,42+,43?,45-,46+,47?,48-,50-,51+,55-/m1/s1. The number of carbonyl (C=O) groups excluding carboxylic acids is 5. The molecule has 0 aromatic rings. The van der Waals surface area contributed by atoms with Crippen LogP contribution in [0.1, 0.15) is 139 Å². The van der Waals surface area contributed by atoms with Gasteiger partial charge in [0.15, 0.2) is 11.6 Å². The van der Waals surface area contributed by atoms with Gasteiger partial charge < -0.3 is 43.3 Å². The third-order valence-electron chi connectivity index (χ3n) is 15.8. The average Bonchev–Trinajstić information content (AvgIpc) is 3.35. The number of nitrogens with zero attached hydrogens (tertiary/aromatic N) is 1. The number of allylic oxidation sites excluding steroid dienone is 6. The monoisotopic (exact) mass is 1020 g/mol. The van der Waals surface area contributed by atoms with Crippen molar-refractivity contribution in [3.63, 3.8) is 0 Å². The molecule has 0 aromatic carbocycles. The highest BCUT2D eigenvalue weighted by molar-refractivity contribution is 7.58. The minimum absolute atomic E-state index is 0.0139. The fourth-order valence-electron chi connectivity index (χ4n) is 10.9. The van der Waals surface area contributed by atoms with Gasteiger partial charge in [-0.05, 0) is 107 Å². The van der Waals surface area contributed by atoms with Crippen molar-refractivity contribution >= 4 is 36.6 Å². The Labute approximate surface area is 424 Å². The van der Waals surface area contributed by atoms with Crippen molar-refractivity contribution < 1.29 is 67.0 Å². The van der Waals surface area contributed by atoms with E-state index in [-0.39, 0.29) is 60.9 Å². The smallest absolute Gasteiger partial charge is 0.329 e. The maximum absolute atomic E-state index is 14.5. The maximum Gasteiger partial charge on any atom is 0.329 e. The number of ether oxygens (including phenoxy) is 5. The van der Waals surface area contributed by atoms with Crippen LogP contribution < -0.4 is 0 Å². The topological polar surface area (TPSA) is 201 Å². The van der Waals surface area contributed by atoms with E-state index in [9.17, 15) is 38.8 Å². The third kappa shape index (κ3) is 16.2. The molecule has 2 N–H and O–H groups in total. The van der Waals surface area contributed by atoms with E-state index in [0.717, 1.165) is 12.0 Å². The zero-order chi connectivity index (χ0) is 52.8. The summed E-state index contributed by atoms with van der Waals surface area (Å²) in [6.07, 6.45) is 12.3. The van der Waals surface area contributed by atoms with Gasteiger partial charge in [0.05, 0.1) is 30.5 Å². The molecule has 16 heteroatoms. The molecule has 1 aliphatic carbocycles. The predicted octanol–water partition coefficient (Wildman–Crippen LogP) is 8.52. The summed E-state index contributed by atoms with van der Waals surface area (Å²) in [4.78, 5) is 72.4. The van der Waals surface area contributed by atoms with Gasteiger partial charge in [0.2, 0.25) is 13.2 Å². The van der Waals surface area contributed by atoms with Gasteiger partial charge in [-0.15, -0.1) is 0 Å². The number of aliphatic hydroxyl groups excluding tert-OH is 1. The van der Waals surface area contributed by atoms with Crippen molar-refractivity contribution in [2.45, 2.75) is 194 Å². The summed E-state index contributed by atoms with van der Waals surface area (Å²) in [5.41, 5.74) is 1.18. The molecule has 0 spiro atoms. The Morgan fingerprint density at radius 1 is 0.859 bits per heavy atom. The first-order valence-electron chi connectivity index (χ1n) is 26.3. The van der Waals surface area contributed by atoms with E-state index < -0.39 is 85.1 Å².